The lowest BCUT2D eigenvalue weighted by Gasteiger charge is -2.32. The van der Waals surface area contributed by atoms with Crippen molar-refractivity contribution in [1.82, 2.24) is 24.3 Å². The molecule has 1 saturated heterocycles. The lowest BCUT2D eigenvalue weighted by Crippen LogP contribution is -2.44. The SMILES string of the molecule is Cc1ccc(Cn2c(CN3CCN(C)CC3)nc3cccnc32)o1.O=C(O)C=CC(=O)O.O=C(O)C=CC(=O)O. The second-order valence-electron chi connectivity index (χ2n) is 8.57. The summed E-state index contributed by atoms with van der Waals surface area (Å²) >= 11 is 0. The predicted molar refractivity (Wildman–Crippen MR) is 142 cm³/mol. The van der Waals surface area contributed by atoms with Crippen molar-refractivity contribution < 1.29 is 44.0 Å². The number of likely N-dealkylation sites (N-methyl/N-ethyl adjacent to an activating group) is 1. The number of aromatic nitrogens is 3. The Balaban J connectivity index is 0.000000290. The Morgan fingerprint density at radius 2 is 1.40 bits per heavy atom. The van der Waals surface area contributed by atoms with E-state index in [4.69, 9.17) is 29.8 Å². The molecule has 1 fully saturated rings. The summed E-state index contributed by atoms with van der Waals surface area (Å²) in [6, 6.07) is 8.00. The van der Waals surface area contributed by atoms with Gasteiger partial charge in [-0.25, -0.2) is 29.1 Å². The molecule has 214 valence electrons. The highest BCUT2D eigenvalue weighted by Crippen LogP contribution is 2.19. The fourth-order valence-electron chi connectivity index (χ4n) is 3.51. The molecule has 0 spiro atoms. The molecule has 40 heavy (non-hydrogen) atoms. The molecule has 1 aliphatic rings. The number of carbonyl (C=O) groups is 4. The van der Waals surface area contributed by atoms with Gasteiger partial charge in [0.2, 0.25) is 0 Å². The van der Waals surface area contributed by atoms with Crippen LogP contribution in [0.15, 0.2) is 59.2 Å². The standard InChI is InChI=1S/C18H23N5O.2C4H4O4/c1-14-5-6-15(24-14)12-23-17(13-22-10-8-21(2)9-11-22)20-16-4-3-7-19-18(16)23;2*5-3(6)1-2-4(7)8/h3-7H,8-13H2,1-2H3;2*1-2H,(H,5,6)(H,7,8). The first-order chi connectivity index (χ1) is 18.9. The Morgan fingerprint density at radius 1 is 0.850 bits per heavy atom. The van der Waals surface area contributed by atoms with E-state index in [2.05, 4.69) is 26.4 Å². The maximum atomic E-state index is 9.55. The Bertz CT molecular complexity index is 1300. The quantitative estimate of drug-likeness (QED) is 0.291. The van der Waals surface area contributed by atoms with Gasteiger partial charge >= 0.3 is 23.9 Å². The number of carboxylic acid groups (broad SMARTS) is 4. The largest absolute Gasteiger partial charge is 0.478 e. The zero-order valence-electron chi connectivity index (χ0n) is 22.0. The summed E-state index contributed by atoms with van der Waals surface area (Å²) < 4.78 is 7.95. The van der Waals surface area contributed by atoms with Crippen molar-refractivity contribution >= 4 is 35.0 Å². The number of rotatable bonds is 8. The lowest BCUT2D eigenvalue weighted by atomic mass is 10.3. The highest BCUT2D eigenvalue weighted by molar-refractivity contribution is 5.90. The highest BCUT2D eigenvalue weighted by atomic mass is 16.4. The summed E-state index contributed by atoms with van der Waals surface area (Å²) in [5, 5.41) is 31.2. The summed E-state index contributed by atoms with van der Waals surface area (Å²) in [6.07, 6.45) is 4.06. The summed E-state index contributed by atoms with van der Waals surface area (Å²) in [6.45, 7) is 7.86. The van der Waals surface area contributed by atoms with Gasteiger partial charge < -0.3 is 34.3 Å². The average Bonchev–Trinajstić information content (AvgIpc) is 3.46. The molecule has 14 heteroatoms. The Kier molecular flexibility index (Phi) is 12.2. The van der Waals surface area contributed by atoms with E-state index in [0.29, 0.717) is 30.8 Å². The summed E-state index contributed by atoms with van der Waals surface area (Å²) in [7, 11) is 2.18. The molecule has 3 aromatic heterocycles. The number of carboxylic acids is 4. The first-order valence-corrected chi connectivity index (χ1v) is 12.0. The van der Waals surface area contributed by atoms with Crippen molar-refractivity contribution in [1.29, 1.82) is 0 Å². The molecule has 0 bridgehead atoms. The molecule has 0 amide bonds. The van der Waals surface area contributed by atoms with Gasteiger partial charge in [-0.1, -0.05) is 0 Å². The van der Waals surface area contributed by atoms with Gasteiger partial charge in [0.25, 0.3) is 0 Å². The van der Waals surface area contributed by atoms with Crippen LogP contribution in [-0.2, 0) is 32.3 Å². The number of aliphatic carboxylic acids is 4. The molecule has 0 atom stereocenters. The van der Waals surface area contributed by atoms with Crippen LogP contribution < -0.4 is 0 Å². The molecule has 4 heterocycles. The number of hydrogen-bond acceptors (Lipinski definition) is 9. The zero-order valence-corrected chi connectivity index (χ0v) is 22.0. The van der Waals surface area contributed by atoms with Gasteiger partial charge in [0, 0.05) is 56.7 Å². The van der Waals surface area contributed by atoms with E-state index >= 15 is 0 Å². The Labute approximate surface area is 229 Å². The number of piperazine rings is 1. The third-order valence-electron chi connectivity index (χ3n) is 5.39. The van der Waals surface area contributed by atoms with Gasteiger partial charge in [-0.2, -0.15) is 0 Å². The van der Waals surface area contributed by atoms with Gasteiger partial charge in [-0.05, 0) is 38.2 Å². The number of imidazole rings is 1. The van der Waals surface area contributed by atoms with Crippen LogP contribution in [0.25, 0.3) is 11.2 Å². The summed E-state index contributed by atoms with van der Waals surface area (Å²) in [5.74, 6) is -2.10. The van der Waals surface area contributed by atoms with Gasteiger partial charge in [0.1, 0.15) is 22.9 Å². The maximum absolute atomic E-state index is 9.55. The predicted octanol–water partition coefficient (Wildman–Crippen LogP) is 1.55. The van der Waals surface area contributed by atoms with E-state index in [1.165, 1.54) is 0 Å². The van der Waals surface area contributed by atoms with Crippen molar-refractivity contribution in [3.8, 4) is 0 Å². The monoisotopic (exact) mass is 557 g/mol. The zero-order chi connectivity index (χ0) is 29.7. The molecule has 0 saturated carbocycles. The van der Waals surface area contributed by atoms with Crippen molar-refractivity contribution in [3.63, 3.8) is 0 Å². The number of furan rings is 1. The molecular weight excluding hydrogens is 526 g/mol. The van der Waals surface area contributed by atoms with Crippen LogP contribution in [0, 0.1) is 6.92 Å². The molecule has 0 radical (unpaired) electrons. The minimum absolute atomic E-state index is 0.558. The van der Waals surface area contributed by atoms with Crippen molar-refractivity contribution in [2.75, 3.05) is 33.2 Å². The minimum Gasteiger partial charge on any atom is -0.478 e. The molecule has 0 unspecified atom stereocenters. The van der Waals surface area contributed by atoms with Crippen LogP contribution in [0.4, 0.5) is 0 Å². The van der Waals surface area contributed by atoms with Crippen LogP contribution in [0.3, 0.4) is 0 Å². The van der Waals surface area contributed by atoms with Gasteiger partial charge in [-0.3, -0.25) is 4.90 Å². The normalized spacial score (nSPS) is 13.9. The van der Waals surface area contributed by atoms with Crippen LogP contribution in [-0.4, -0.2) is 102 Å². The van der Waals surface area contributed by atoms with Gasteiger partial charge in [0.15, 0.2) is 5.65 Å². The molecule has 4 rings (SSSR count). The number of hydrogen-bond donors (Lipinski definition) is 4. The van der Waals surface area contributed by atoms with E-state index in [1.807, 2.05) is 37.4 Å². The van der Waals surface area contributed by atoms with Crippen LogP contribution in [0.1, 0.15) is 17.3 Å². The fraction of sp³-hybridized carbons (Fsp3) is 0.308. The third-order valence-corrected chi connectivity index (χ3v) is 5.39. The second-order valence-corrected chi connectivity index (χ2v) is 8.57. The average molecular weight is 558 g/mol. The number of nitrogens with zero attached hydrogens (tertiary/aromatic N) is 5. The summed E-state index contributed by atoms with van der Waals surface area (Å²) in [5.41, 5.74) is 1.88. The van der Waals surface area contributed by atoms with E-state index in [1.54, 1.807) is 0 Å². The van der Waals surface area contributed by atoms with Crippen molar-refractivity contribution in [2.24, 2.45) is 0 Å². The smallest absolute Gasteiger partial charge is 0.328 e. The van der Waals surface area contributed by atoms with Crippen LogP contribution in [0.2, 0.25) is 0 Å². The number of fused-ring (bicyclic) bond motifs is 1. The van der Waals surface area contributed by atoms with Crippen molar-refractivity contribution in [2.45, 2.75) is 20.0 Å². The van der Waals surface area contributed by atoms with E-state index in [0.717, 1.165) is 61.2 Å². The number of pyridine rings is 1. The molecule has 4 N–H and O–H groups in total. The van der Waals surface area contributed by atoms with Crippen molar-refractivity contribution in [3.05, 3.63) is 72.1 Å². The first-order valence-electron chi connectivity index (χ1n) is 12.0. The molecule has 0 aromatic carbocycles. The van der Waals surface area contributed by atoms with E-state index in [9.17, 15) is 19.2 Å². The Morgan fingerprint density at radius 3 is 1.88 bits per heavy atom. The molecular formula is C26H31N5O9. The molecule has 0 aliphatic carbocycles. The number of aryl methyl sites for hydroxylation is 1. The molecule has 3 aromatic rings. The summed E-state index contributed by atoms with van der Waals surface area (Å²) in [4.78, 5) is 52.4. The van der Waals surface area contributed by atoms with Crippen LogP contribution >= 0.6 is 0 Å². The minimum atomic E-state index is -1.26. The maximum Gasteiger partial charge on any atom is 0.328 e. The second kappa shape index (κ2) is 15.6. The molecule has 1 aliphatic heterocycles. The molecule has 14 nitrogen and oxygen atoms in total. The lowest BCUT2D eigenvalue weighted by molar-refractivity contribution is -0.134. The van der Waals surface area contributed by atoms with E-state index < -0.39 is 23.9 Å². The third kappa shape index (κ3) is 11.3. The first kappa shape index (κ1) is 31.4. The van der Waals surface area contributed by atoms with Crippen LogP contribution in [0.5, 0.6) is 0 Å². The van der Waals surface area contributed by atoms with Gasteiger partial charge in [-0.15, -0.1) is 0 Å². The Hall–Kier alpha value is -4.82. The highest BCUT2D eigenvalue weighted by Gasteiger charge is 2.19. The topological polar surface area (TPSA) is 200 Å². The fourth-order valence-corrected chi connectivity index (χ4v) is 3.51. The van der Waals surface area contributed by atoms with Gasteiger partial charge in [0.05, 0.1) is 13.1 Å². The van der Waals surface area contributed by atoms with E-state index in [-0.39, 0.29) is 0 Å².